The zero-order valence-corrected chi connectivity index (χ0v) is 78.9. The molecule has 4 heterocycles. The Kier molecular flexibility index (Phi) is 21.0. The van der Waals surface area contributed by atoms with Crippen LogP contribution >= 0.6 is 22.7 Å². The van der Waals surface area contributed by atoms with E-state index in [9.17, 15) is 0 Å². The van der Waals surface area contributed by atoms with Crippen molar-refractivity contribution in [2.24, 2.45) is 0 Å². The summed E-state index contributed by atoms with van der Waals surface area (Å²) in [7, 11) is 0. The monoisotopic (exact) mass is 1820 g/mol. The summed E-state index contributed by atoms with van der Waals surface area (Å²) in [5.74, 6) is 0. The molecule has 25 aromatic rings. The molecule has 0 amide bonds. The zero-order chi connectivity index (χ0) is 92.8. The number of para-hydroxylation sites is 1. The molecule has 0 spiro atoms. The highest BCUT2D eigenvalue weighted by Gasteiger charge is 2.39. The fourth-order valence-electron chi connectivity index (χ4n) is 21.5. The summed E-state index contributed by atoms with van der Waals surface area (Å²) < 4.78 is 18.7. The van der Waals surface area contributed by atoms with Crippen LogP contribution in [-0.2, 0) is 10.8 Å². The van der Waals surface area contributed by atoms with Gasteiger partial charge in [0.2, 0.25) is 0 Å². The molecule has 2 aliphatic carbocycles. The van der Waals surface area contributed by atoms with E-state index in [-0.39, 0.29) is 10.8 Å². The first-order chi connectivity index (χ1) is 68.4. The van der Waals surface area contributed by atoms with Crippen molar-refractivity contribution >= 4 is 158 Å². The van der Waals surface area contributed by atoms with Crippen molar-refractivity contribution in [2.45, 2.75) is 38.5 Å². The molecule has 5 nitrogen and oxygen atoms in total. The molecule has 0 saturated heterocycles. The number of hydrogen-bond acceptors (Lipinski definition) is 7. The lowest BCUT2D eigenvalue weighted by Gasteiger charge is -2.26. The van der Waals surface area contributed by atoms with Gasteiger partial charge in [0.05, 0.1) is 10.4 Å². The maximum atomic E-state index is 6.87. The van der Waals surface area contributed by atoms with Gasteiger partial charge in [0, 0.05) is 114 Å². The Morgan fingerprint density at radius 3 is 1.08 bits per heavy atom. The summed E-state index contributed by atoms with van der Waals surface area (Å²) >= 11 is 3.74. The quantitative estimate of drug-likeness (QED) is 0.102. The van der Waals surface area contributed by atoms with Crippen molar-refractivity contribution in [3.8, 4) is 89.0 Å². The van der Waals surface area contributed by atoms with Crippen molar-refractivity contribution < 1.29 is 8.83 Å². The van der Waals surface area contributed by atoms with Gasteiger partial charge in [-0.1, -0.05) is 386 Å². The van der Waals surface area contributed by atoms with Crippen LogP contribution in [0, 0.1) is 0 Å². The summed E-state index contributed by atoms with van der Waals surface area (Å²) in [5, 5.41) is 9.72. The number of fused-ring (bicyclic) bond motifs is 20. The topological polar surface area (TPSA) is 36.0 Å². The zero-order valence-electron chi connectivity index (χ0n) is 77.2. The summed E-state index contributed by atoms with van der Waals surface area (Å²) in [5.41, 5.74) is 38.7. The van der Waals surface area contributed by atoms with E-state index in [1.54, 1.807) is 11.3 Å². The van der Waals surface area contributed by atoms with E-state index in [0.29, 0.717) is 0 Å². The number of anilines is 9. The number of rotatable bonds is 15. The maximum Gasteiger partial charge on any atom is 0.159 e. The lowest BCUT2D eigenvalue weighted by atomic mass is 9.82. The summed E-state index contributed by atoms with van der Waals surface area (Å²) in [4.78, 5) is 7.06. The predicted molar refractivity (Wildman–Crippen MR) is 591 cm³/mol. The number of furan rings is 2. The maximum absolute atomic E-state index is 6.87. The van der Waals surface area contributed by atoms with Gasteiger partial charge in [-0.25, -0.2) is 0 Å². The second kappa shape index (κ2) is 34.8. The Labute approximate surface area is 816 Å². The number of nitrogens with zero attached hydrogens (tertiary/aromatic N) is 3. The van der Waals surface area contributed by atoms with E-state index in [4.69, 9.17) is 8.83 Å². The molecule has 139 heavy (non-hydrogen) atoms. The van der Waals surface area contributed by atoms with Crippen molar-refractivity contribution in [1.82, 2.24) is 0 Å². The standard InChI is InChI=1S/C45H33NO.C45H33NS.C42H27NOS/c1-45(2)40-18-10-9-16-36(40)38-28-39-37-17-11-19-42(44(37)47-43(39)29-41(38)45)46(34-24-20-32(21-25-34)30-12-5-3-6-13-30)35-26-22-33(23-27-35)31-14-7-4-8-15-31;1-45(2)41-16-10-9-15-37(41)39-27-28-40-38-26-25-36(29-42(38)47-44(40)43(39)45)46(34-21-17-32(18-22-34)30-11-5-3-6-12-30)35-23-19-33(20-24-35)31-13-7-4-8-14-31;1-3-11-28(12-4-1)30-15-9-17-32(25-30)43(33-18-10-16-31(26-33)29-13-5-2-6-14-29)34-21-24-39-38(27-34)36-22-23-37-35-19-7-8-20-40(35)45-42(37)41(36)44-39/h2*3-29H,1-2H3;1-27H. The Hall–Kier alpha value is -16.9. The first-order valence-corrected chi connectivity index (χ1v) is 49.3. The third-order valence-corrected chi connectivity index (χ3v) is 30.8. The van der Waals surface area contributed by atoms with E-state index in [0.717, 1.165) is 95.1 Å². The van der Waals surface area contributed by atoms with Gasteiger partial charge < -0.3 is 23.5 Å². The summed E-state index contributed by atoms with van der Waals surface area (Å²) in [6, 6.07) is 177. The number of benzene rings is 21. The van der Waals surface area contributed by atoms with Gasteiger partial charge in [0.15, 0.2) is 11.2 Å². The third-order valence-electron chi connectivity index (χ3n) is 28.4. The molecular weight excluding hydrogens is 1720 g/mol. The first kappa shape index (κ1) is 83.9. The number of hydrogen-bond donors (Lipinski definition) is 0. The summed E-state index contributed by atoms with van der Waals surface area (Å²) in [6.07, 6.45) is 0. The lowest BCUT2D eigenvalue weighted by molar-refractivity contribution is 0.647. The lowest BCUT2D eigenvalue weighted by Crippen LogP contribution is -2.14. The highest BCUT2D eigenvalue weighted by atomic mass is 32.1. The molecule has 0 aliphatic heterocycles. The van der Waals surface area contributed by atoms with Crippen LogP contribution in [0.25, 0.3) is 173 Å². The molecule has 0 saturated carbocycles. The SMILES string of the molecule is CC1(C)c2ccccc2-c2cc3c(cc21)oc1c(N(c2ccc(-c4ccccc4)cc2)c2ccc(-c4ccccc4)cc2)cccc13.CC1(C)c2ccccc2-c2ccc3c(sc4cc(N(c5ccc(-c6ccccc6)cc5)c5ccc(-c6ccccc6)cc5)ccc43)c21.c1ccc(-c2cccc(N(c3cccc(-c4ccccc4)c3)c3ccc4oc5c(ccc6c7ccccc7sc65)c4c3)c2)cc1. The molecule has 0 radical (unpaired) electrons. The Morgan fingerprint density at radius 2 is 0.540 bits per heavy atom. The molecule has 2 aliphatic rings. The van der Waals surface area contributed by atoms with E-state index < -0.39 is 0 Å². The van der Waals surface area contributed by atoms with Crippen LogP contribution in [0.2, 0.25) is 0 Å². The fraction of sp³-hybridized carbons (Fsp3) is 0.0455. The second-order valence-corrected chi connectivity index (χ2v) is 39.4. The van der Waals surface area contributed by atoms with Crippen LogP contribution < -0.4 is 14.7 Å². The van der Waals surface area contributed by atoms with Crippen LogP contribution in [0.15, 0.2) is 500 Å². The van der Waals surface area contributed by atoms with Crippen LogP contribution in [0.1, 0.15) is 49.9 Å². The molecule has 4 aromatic heterocycles. The van der Waals surface area contributed by atoms with Crippen molar-refractivity contribution in [2.75, 3.05) is 14.7 Å². The molecule has 660 valence electrons. The highest BCUT2D eigenvalue weighted by molar-refractivity contribution is 7.27. The molecule has 0 fully saturated rings. The fourth-order valence-corrected chi connectivity index (χ4v) is 24.1. The van der Waals surface area contributed by atoms with Gasteiger partial charge >= 0.3 is 0 Å². The Balaban J connectivity index is 0.000000110. The van der Waals surface area contributed by atoms with Crippen LogP contribution in [0.4, 0.5) is 51.2 Å². The van der Waals surface area contributed by atoms with Crippen LogP contribution in [0.5, 0.6) is 0 Å². The smallest absolute Gasteiger partial charge is 0.159 e. The number of thiophene rings is 2. The molecule has 0 bridgehead atoms. The molecular formula is C132H93N3O2S2. The molecule has 27 rings (SSSR count). The Morgan fingerprint density at radius 1 is 0.187 bits per heavy atom. The van der Waals surface area contributed by atoms with Crippen molar-refractivity contribution in [3.63, 3.8) is 0 Å². The van der Waals surface area contributed by atoms with E-state index in [2.05, 4.69) is 534 Å². The molecule has 21 aromatic carbocycles. The van der Waals surface area contributed by atoms with Gasteiger partial charge in [-0.2, -0.15) is 0 Å². The first-order valence-electron chi connectivity index (χ1n) is 47.7. The highest BCUT2D eigenvalue weighted by Crippen LogP contribution is 2.57. The van der Waals surface area contributed by atoms with Crippen molar-refractivity contribution in [1.29, 1.82) is 0 Å². The largest absolute Gasteiger partial charge is 0.455 e. The molecule has 7 heteroatoms. The average Bonchev–Trinajstić information content (AvgIpc) is 1.55. The molecule has 0 N–H and O–H groups in total. The Bertz CT molecular complexity index is 8710. The van der Waals surface area contributed by atoms with Crippen LogP contribution in [-0.4, -0.2) is 0 Å². The van der Waals surface area contributed by atoms with Crippen LogP contribution in [0.3, 0.4) is 0 Å². The third kappa shape index (κ3) is 15.0. The minimum absolute atomic E-state index is 0.0395. The van der Waals surface area contributed by atoms with Gasteiger partial charge in [0.25, 0.3) is 0 Å². The van der Waals surface area contributed by atoms with Gasteiger partial charge in [-0.3, -0.25) is 0 Å². The second-order valence-electron chi connectivity index (χ2n) is 37.3. The van der Waals surface area contributed by atoms with E-state index in [1.807, 2.05) is 11.3 Å². The van der Waals surface area contributed by atoms with Gasteiger partial charge in [-0.15, -0.1) is 22.7 Å². The van der Waals surface area contributed by atoms with Crippen molar-refractivity contribution in [3.05, 3.63) is 514 Å². The normalized spacial score (nSPS) is 12.6. The minimum Gasteiger partial charge on any atom is -0.455 e. The summed E-state index contributed by atoms with van der Waals surface area (Å²) in [6.45, 7) is 9.40. The molecule has 0 atom stereocenters. The van der Waals surface area contributed by atoms with Gasteiger partial charge in [0.1, 0.15) is 11.2 Å². The minimum atomic E-state index is -0.0883. The average molecular weight is 1820 g/mol. The van der Waals surface area contributed by atoms with Gasteiger partial charge in [-0.05, 0) is 245 Å². The molecule has 0 unspecified atom stereocenters. The predicted octanol–water partition coefficient (Wildman–Crippen LogP) is 38.6. The van der Waals surface area contributed by atoms with E-state index in [1.165, 1.54) is 152 Å². The van der Waals surface area contributed by atoms with E-state index >= 15 is 0 Å².